The fraction of sp³-hybridized carbons (Fsp3) is 0.320. The topological polar surface area (TPSA) is 130 Å². The molecule has 0 unspecified atom stereocenters. The van der Waals surface area contributed by atoms with Gasteiger partial charge in [0, 0.05) is 49.9 Å². The average Bonchev–Trinajstić information content (AvgIpc) is 3.70. The van der Waals surface area contributed by atoms with Crippen LogP contribution < -0.4 is 20.6 Å². The van der Waals surface area contributed by atoms with E-state index in [-0.39, 0.29) is 29.4 Å². The number of nitrogens with zero attached hydrogens (tertiary/aromatic N) is 4. The van der Waals surface area contributed by atoms with Gasteiger partial charge >= 0.3 is 5.97 Å². The molecule has 0 bridgehead atoms. The molecule has 2 fully saturated rings. The lowest BCUT2D eigenvalue weighted by atomic mass is 10.1. The maximum Gasteiger partial charge on any atom is 0.341 e. The second-order valence-electron chi connectivity index (χ2n) is 9.13. The zero-order valence-corrected chi connectivity index (χ0v) is 19.4. The summed E-state index contributed by atoms with van der Waals surface area (Å²) >= 11 is 0. The maximum absolute atomic E-state index is 15.2. The largest absolute Gasteiger partial charge is 0.477 e. The van der Waals surface area contributed by atoms with E-state index < -0.39 is 23.1 Å². The zero-order chi connectivity index (χ0) is 25.6. The van der Waals surface area contributed by atoms with Crippen LogP contribution in [0.4, 0.5) is 10.1 Å². The van der Waals surface area contributed by atoms with E-state index in [1.54, 1.807) is 38.4 Å². The Balaban J connectivity index is 1.35. The van der Waals surface area contributed by atoms with E-state index in [1.807, 2.05) is 4.90 Å². The SMILES string of the molecule is NC(=O)c1ccc[n+](CC(=O)N2CCN(c3cc4c(cc3F)c(=O)c(C(=O)O)cn4C3CC3)CC2)c1. The first-order valence-electron chi connectivity index (χ1n) is 11.7. The summed E-state index contributed by atoms with van der Waals surface area (Å²) in [6.45, 7) is 1.58. The summed E-state index contributed by atoms with van der Waals surface area (Å²) in [6.07, 6.45) is 6.29. The molecule has 1 saturated heterocycles. The third kappa shape index (κ3) is 4.39. The van der Waals surface area contributed by atoms with Crippen LogP contribution >= 0.6 is 0 Å². The first-order chi connectivity index (χ1) is 17.2. The second-order valence-corrected chi connectivity index (χ2v) is 9.13. The molecule has 3 heterocycles. The first kappa shape index (κ1) is 23.5. The van der Waals surface area contributed by atoms with Crippen molar-refractivity contribution in [2.45, 2.75) is 25.4 Å². The predicted molar refractivity (Wildman–Crippen MR) is 127 cm³/mol. The number of hydrogen-bond acceptors (Lipinski definition) is 5. The molecule has 11 heteroatoms. The fourth-order valence-electron chi connectivity index (χ4n) is 4.63. The molecule has 1 saturated carbocycles. The van der Waals surface area contributed by atoms with E-state index in [1.165, 1.54) is 12.4 Å². The molecule has 0 radical (unpaired) electrons. The van der Waals surface area contributed by atoms with Gasteiger partial charge in [0.1, 0.15) is 16.9 Å². The van der Waals surface area contributed by atoms with Crippen LogP contribution in [0, 0.1) is 5.82 Å². The molecule has 2 aliphatic rings. The minimum Gasteiger partial charge on any atom is -0.477 e. The van der Waals surface area contributed by atoms with Crippen molar-refractivity contribution in [3.8, 4) is 0 Å². The standard InChI is InChI=1S/C25H24FN5O5/c26-19-10-17-20(31(16-3-4-16)13-18(23(17)33)25(35)36)11-21(19)29-6-8-30(9-7-29)22(32)14-28-5-1-2-15(12-28)24(27)34/h1-2,5,10-13,16H,3-4,6-9,14H2,(H2-,27,34,35,36)/p+1. The minimum absolute atomic E-state index is 0.0467. The number of carbonyl (C=O) groups excluding carboxylic acids is 2. The molecule has 0 spiro atoms. The lowest BCUT2D eigenvalue weighted by Crippen LogP contribution is -2.52. The molecular weight excluding hydrogens is 469 g/mol. The van der Waals surface area contributed by atoms with Crippen molar-refractivity contribution in [2.24, 2.45) is 5.73 Å². The Labute approximate surface area is 204 Å². The molecule has 2 aromatic heterocycles. The minimum atomic E-state index is -1.33. The summed E-state index contributed by atoms with van der Waals surface area (Å²) in [5, 5.41) is 9.46. The van der Waals surface area contributed by atoms with Crippen LogP contribution in [-0.4, -0.2) is 58.5 Å². The Morgan fingerprint density at radius 1 is 1.14 bits per heavy atom. The number of hydrogen-bond donors (Lipinski definition) is 2. The van der Waals surface area contributed by atoms with Gasteiger partial charge in [-0.05, 0) is 31.0 Å². The lowest BCUT2D eigenvalue weighted by molar-refractivity contribution is -0.685. The smallest absolute Gasteiger partial charge is 0.341 e. The highest BCUT2D eigenvalue weighted by Crippen LogP contribution is 2.38. The number of piperazine rings is 1. The van der Waals surface area contributed by atoms with Gasteiger partial charge in [-0.1, -0.05) is 0 Å². The highest BCUT2D eigenvalue weighted by atomic mass is 19.1. The highest BCUT2D eigenvalue weighted by molar-refractivity contribution is 5.94. The molecule has 36 heavy (non-hydrogen) atoms. The third-order valence-corrected chi connectivity index (χ3v) is 6.71. The van der Waals surface area contributed by atoms with Crippen molar-refractivity contribution < 1.29 is 28.4 Å². The predicted octanol–water partition coefficient (Wildman–Crippen LogP) is 0.909. The monoisotopic (exact) mass is 494 g/mol. The zero-order valence-electron chi connectivity index (χ0n) is 19.4. The van der Waals surface area contributed by atoms with Gasteiger partial charge in [-0.25, -0.2) is 9.18 Å². The van der Waals surface area contributed by atoms with Crippen LogP contribution in [0.5, 0.6) is 0 Å². The molecule has 1 aromatic carbocycles. The molecule has 3 N–H and O–H groups in total. The van der Waals surface area contributed by atoms with Crippen LogP contribution in [0.3, 0.4) is 0 Å². The summed E-state index contributed by atoms with van der Waals surface area (Å²) in [5.41, 5.74) is 5.36. The Kier molecular flexibility index (Phi) is 5.91. The van der Waals surface area contributed by atoms with Gasteiger partial charge in [-0.3, -0.25) is 14.4 Å². The van der Waals surface area contributed by atoms with Crippen molar-refractivity contribution in [3.05, 3.63) is 70.0 Å². The number of carboxylic acid groups (broad SMARTS) is 1. The normalized spacial score (nSPS) is 15.8. The van der Waals surface area contributed by atoms with Gasteiger partial charge in [0.25, 0.3) is 11.8 Å². The molecular formula is C25H25FN5O5+. The van der Waals surface area contributed by atoms with E-state index in [9.17, 15) is 24.3 Å². The summed E-state index contributed by atoms with van der Waals surface area (Å²) in [6, 6.07) is 6.04. The Morgan fingerprint density at radius 2 is 1.86 bits per heavy atom. The number of fused-ring (bicyclic) bond motifs is 1. The Morgan fingerprint density at radius 3 is 2.50 bits per heavy atom. The summed E-state index contributed by atoms with van der Waals surface area (Å²) in [4.78, 5) is 51.9. The van der Waals surface area contributed by atoms with E-state index in [2.05, 4.69) is 0 Å². The van der Waals surface area contributed by atoms with Crippen LogP contribution in [0.2, 0.25) is 0 Å². The third-order valence-electron chi connectivity index (χ3n) is 6.71. The number of primary amides is 1. The molecule has 1 aliphatic heterocycles. The number of rotatable bonds is 6. The fourth-order valence-corrected chi connectivity index (χ4v) is 4.63. The molecule has 2 amide bonds. The molecule has 10 nitrogen and oxygen atoms in total. The van der Waals surface area contributed by atoms with Gasteiger partial charge in [-0.15, -0.1) is 0 Å². The van der Waals surface area contributed by atoms with Crippen LogP contribution in [0.25, 0.3) is 10.9 Å². The molecule has 0 atom stereocenters. The Bertz CT molecular complexity index is 1460. The number of carbonyl (C=O) groups is 3. The first-order valence-corrected chi connectivity index (χ1v) is 11.7. The summed E-state index contributed by atoms with van der Waals surface area (Å²) < 4.78 is 18.5. The number of anilines is 1. The van der Waals surface area contributed by atoms with E-state index in [0.29, 0.717) is 42.9 Å². The summed E-state index contributed by atoms with van der Waals surface area (Å²) in [5.74, 6) is -2.65. The van der Waals surface area contributed by atoms with Crippen molar-refractivity contribution >= 4 is 34.4 Å². The number of nitrogens with two attached hydrogens (primary N) is 1. The van der Waals surface area contributed by atoms with Crippen LogP contribution in [0.1, 0.15) is 39.6 Å². The molecule has 5 rings (SSSR count). The number of aromatic carboxylic acids is 1. The van der Waals surface area contributed by atoms with E-state index in [0.717, 1.165) is 18.9 Å². The Hall–Kier alpha value is -4.28. The maximum atomic E-state index is 15.2. The quantitative estimate of drug-likeness (QED) is 0.490. The average molecular weight is 495 g/mol. The molecule has 3 aromatic rings. The van der Waals surface area contributed by atoms with Crippen molar-refractivity contribution in [1.29, 1.82) is 0 Å². The van der Waals surface area contributed by atoms with Gasteiger partial charge in [0.15, 0.2) is 12.4 Å². The van der Waals surface area contributed by atoms with Crippen molar-refractivity contribution in [3.63, 3.8) is 0 Å². The van der Waals surface area contributed by atoms with E-state index >= 15 is 4.39 Å². The van der Waals surface area contributed by atoms with Crippen LogP contribution in [-0.2, 0) is 11.3 Å². The van der Waals surface area contributed by atoms with Crippen LogP contribution in [0.15, 0.2) is 47.7 Å². The number of pyridine rings is 2. The number of aromatic nitrogens is 2. The molecule has 186 valence electrons. The van der Waals surface area contributed by atoms with Gasteiger partial charge < -0.3 is 25.2 Å². The number of benzene rings is 1. The highest BCUT2D eigenvalue weighted by Gasteiger charge is 2.29. The molecule has 1 aliphatic carbocycles. The van der Waals surface area contributed by atoms with Gasteiger partial charge in [-0.2, -0.15) is 4.57 Å². The number of halogens is 1. The van der Waals surface area contributed by atoms with Gasteiger partial charge in [0.05, 0.1) is 11.2 Å². The van der Waals surface area contributed by atoms with E-state index in [4.69, 9.17) is 5.73 Å². The lowest BCUT2D eigenvalue weighted by Gasteiger charge is -2.36. The van der Waals surface area contributed by atoms with Crippen molar-refractivity contribution in [2.75, 3.05) is 31.1 Å². The number of carboxylic acids is 1. The van der Waals surface area contributed by atoms with Gasteiger partial charge in [0.2, 0.25) is 12.0 Å². The number of amides is 2. The summed E-state index contributed by atoms with van der Waals surface area (Å²) in [7, 11) is 0. The van der Waals surface area contributed by atoms with Crippen molar-refractivity contribution in [1.82, 2.24) is 9.47 Å². The second kappa shape index (κ2) is 9.06.